The summed E-state index contributed by atoms with van der Waals surface area (Å²) < 4.78 is 5.08. The summed E-state index contributed by atoms with van der Waals surface area (Å²) in [6.45, 7) is 7.67. The Hall–Kier alpha value is -2.36. The molecule has 23 heavy (non-hydrogen) atoms. The standard InChI is InChI=1S/C16H23N5O2/c1-4-23-16(22)12-5-7-21(8-6-12)14-10-18-13(9-17)15(20-14)19-11(2)3/h10-12H,4-8H2,1-3H3,(H,19,20). The van der Waals surface area contributed by atoms with Crippen molar-refractivity contribution >= 4 is 17.6 Å². The summed E-state index contributed by atoms with van der Waals surface area (Å²) in [5, 5.41) is 12.3. The molecule has 1 aromatic rings. The highest BCUT2D eigenvalue weighted by atomic mass is 16.5. The van der Waals surface area contributed by atoms with E-state index >= 15 is 0 Å². The smallest absolute Gasteiger partial charge is 0.309 e. The van der Waals surface area contributed by atoms with E-state index < -0.39 is 0 Å². The first-order chi connectivity index (χ1) is 11.0. The van der Waals surface area contributed by atoms with Crippen LogP contribution in [0, 0.1) is 17.2 Å². The fourth-order valence-corrected chi connectivity index (χ4v) is 2.59. The van der Waals surface area contributed by atoms with Gasteiger partial charge in [-0.05, 0) is 33.6 Å². The van der Waals surface area contributed by atoms with E-state index in [4.69, 9.17) is 10.00 Å². The molecule has 0 aliphatic carbocycles. The van der Waals surface area contributed by atoms with E-state index in [9.17, 15) is 4.79 Å². The lowest BCUT2D eigenvalue weighted by molar-refractivity contribution is -0.148. The molecule has 0 atom stereocenters. The monoisotopic (exact) mass is 317 g/mol. The number of nitrogens with one attached hydrogen (secondary N) is 1. The van der Waals surface area contributed by atoms with Gasteiger partial charge in [0.2, 0.25) is 0 Å². The fraction of sp³-hybridized carbons (Fsp3) is 0.625. The summed E-state index contributed by atoms with van der Waals surface area (Å²) in [6, 6.07) is 2.22. The molecule has 0 amide bonds. The minimum Gasteiger partial charge on any atom is -0.466 e. The van der Waals surface area contributed by atoms with Gasteiger partial charge in [-0.25, -0.2) is 9.97 Å². The third-order valence-corrected chi connectivity index (χ3v) is 3.73. The normalized spacial score (nSPS) is 15.3. The number of piperidine rings is 1. The van der Waals surface area contributed by atoms with Crippen LogP contribution in [-0.2, 0) is 9.53 Å². The Balaban J connectivity index is 2.06. The first-order valence-corrected chi connectivity index (χ1v) is 8.00. The second-order valence-electron chi connectivity index (χ2n) is 5.85. The minimum absolute atomic E-state index is 0.0363. The van der Waals surface area contributed by atoms with Crippen molar-refractivity contribution in [3.05, 3.63) is 11.9 Å². The number of nitriles is 1. The first-order valence-electron chi connectivity index (χ1n) is 8.00. The molecule has 7 heteroatoms. The van der Waals surface area contributed by atoms with Crippen molar-refractivity contribution in [2.24, 2.45) is 5.92 Å². The van der Waals surface area contributed by atoms with Gasteiger partial charge in [0.25, 0.3) is 0 Å². The highest BCUT2D eigenvalue weighted by Gasteiger charge is 2.27. The molecule has 124 valence electrons. The highest BCUT2D eigenvalue weighted by Crippen LogP contribution is 2.24. The Morgan fingerprint density at radius 3 is 2.78 bits per heavy atom. The Morgan fingerprint density at radius 1 is 1.52 bits per heavy atom. The van der Waals surface area contributed by atoms with E-state index in [0.29, 0.717) is 18.1 Å². The molecule has 1 fully saturated rings. The lowest BCUT2D eigenvalue weighted by Crippen LogP contribution is -2.37. The molecule has 2 heterocycles. The zero-order valence-electron chi connectivity index (χ0n) is 13.9. The summed E-state index contributed by atoms with van der Waals surface area (Å²) in [6.07, 6.45) is 3.11. The lowest BCUT2D eigenvalue weighted by atomic mass is 9.97. The van der Waals surface area contributed by atoms with Crippen LogP contribution in [0.4, 0.5) is 11.6 Å². The van der Waals surface area contributed by atoms with E-state index in [1.54, 1.807) is 6.20 Å². The average Bonchev–Trinajstić information content (AvgIpc) is 2.54. The number of aromatic nitrogens is 2. The van der Waals surface area contributed by atoms with Gasteiger partial charge in [0, 0.05) is 19.1 Å². The third kappa shape index (κ3) is 4.31. The van der Waals surface area contributed by atoms with Gasteiger partial charge in [-0.3, -0.25) is 4.79 Å². The summed E-state index contributed by atoms with van der Waals surface area (Å²) in [7, 11) is 0. The predicted octanol–water partition coefficient (Wildman–Crippen LogP) is 1.95. The predicted molar refractivity (Wildman–Crippen MR) is 87.1 cm³/mol. The van der Waals surface area contributed by atoms with Gasteiger partial charge in [0.05, 0.1) is 18.7 Å². The third-order valence-electron chi connectivity index (χ3n) is 3.73. The molecule has 1 aromatic heterocycles. The SMILES string of the molecule is CCOC(=O)C1CCN(c2cnc(C#N)c(NC(C)C)n2)CC1. The van der Waals surface area contributed by atoms with Crippen molar-refractivity contribution in [3.8, 4) is 6.07 Å². The Kier molecular flexibility index (Phi) is 5.74. The maximum atomic E-state index is 11.8. The molecule has 1 aliphatic heterocycles. The number of rotatable bonds is 5. The van der Waals surface area contributed by atoms with Crippen molar-refractivity contribution in [2.75, 3.05) is 29.9 Å². The topological polar surface area (TPSA) is 91.1 Å². The largest absolute Gasteiger partial charge is 0.466 e. The molecule has 2 rings (SSSR count). The first kappa shape index (κ1) is 17.0. The second kappa shape index (κ2) is 7.77. The van der Waals surface area contributed by atoms with Gasteiger partial charge < -0.3 is 15.0 Å². The van der Waals surface area contributed by atoms with Gasteiger partial charge >= 0.3 is 5.97 Å². The molecular weight excluding hydrogens is 294 g/mol. The molecule has 0 radical (unpaired) electrons. The molecular formula is C16H23N5O2. The maximum absolute atomic E-state index is 11.8. The number of carbonyl (C=O) groups is 1. The zero-order chi connectivity index (χ0) is 16.8. The molecule has 0 saturated carbocycles. The summed E-state index contributed by atoms with van der Waals surface area (Å²) in [5.41, 5.74) is 0.295. The molecule has 0 spiro atoms. The minimum atomic E-state index is -0.111. The van der Waals surface area contributed by atoms with Crippen molar-refractivity contribution in [1.82, 2.24) is 9.97 Å². The molecule has 7 nitrogen and oxygen atoms in total. The Labute approximate surface area is 136 Å². The van der Waals surface area contributed by atoms with E-state index in [-0.39, 0.29) is 17.9 Å². The fourth-order valence-electron chi connectivity index (χ4n) is 2.59. The van der Waals surface area contributed by atoms with Crippen LogP contribution in [0.1, 0.15) is 39.3 Å². The van der Waals surface area contributed by atoms with Gasteiger partial charge in [-0.1, -0.05) is 0 Å². The van der Waals surface area contributed by atoms with Crippen LogP contribution in [0.25, 0.3) is 0 Å². The van der Waals surface area contributed by atoms with Crippen LogP contribution in [0.15, 0.2) is 6.20 Å². The number of nitrogens with zero attached hydrogens (tertiary/aromatic N) is 4. The van der Waals surface area contributed by atoms with Crippen molar-refractivity contribution in [1.29, 1.82) is 5.26 Å². The van der Waals surface area contributed by atoms with Gasteiger partial charge in [-0.2, -0.15) is 5.26 Å². The van der Waals surface area contributed by atoms with Crippen LogP contribution in [0.2, 0.25) is 0 Å². The Morgan fingerprint density at radius 2 is 2.22 bits per heavy atom. The molecule has 0 unspecified atom stereocenters. The van der Waals surface area contributed by atoms with Crippen LogP contribution < -0.4 is 10.2 Å². The maximum Gasteiger partial charge on any atom is 0.309 e. The molecule has 1 saturated heterocycles. The van der Waals surface area contributed by atoms with Gasteiger partial charge in [0.1, 0.15) is 11.9 Å². The number of anilines is 2. The van der Waals surface area contributed by atoms with Crippen LogP contribution in [0.3, 0.4) is 0 Å². The quantitative estimate of drug-likeness (QED) is 0.830. The number of esters is 1. The van der Waals surface area contributed by atoms with E-state index in [1.165, 1.54) is 0 Å². The van der Waals surface area contributed by atoms with Crippen molar-refractivity contribution in [2.45, 2.75) is 39.7 Å². The van der Waals surface area contributed by atoms with E-state index in [1.807, 2.05) is 20.8 Å². The average molecular weight is 317 g/mol. The molecule has 0 bridgehead atoms. The van der Waals surface area contributed by atoms with Crippen LogP contribution in [0.5, 0.6) is 0 Å². The molecule has 1 N–H and O–H groups in total. The number of hydrogen-bond acceptors (Lipinski definition) is 7. The number of ether oxygens (including phenoxy) is 1. The van der Waals surface area contributed by atoms with Crippen LogP contribution >= 0.6 is 0 Å². The molecule has 0 aromatic carbocycles. The van der Waals surface area contributed by atoms with Gasteiger partial charge in [0.15, 0.2) is 11.5 Å². The highest BCUT2D eigenvalue weighted by molar-refractivity contribution is 5.72. The lowest BCUT2D eigenvalue weighted by Gasteiger charge is -2.31. The van der Waals surface area contributed by atoms with Crippen molar-refractivity contribution < 1.29 is 9.53 Å². The second-order valence-corrected chi connectivity index (χ2v) is 5.85. The summed E-state index contributed by atoms with van der Waals surface area (Å²) >= 11 is 0. The van der Waals surface area contributed by atoms with Crippen molar-refractivity contribution in [3.63, 3.8) is 0 Å². The van der Waals surface area contributed by atoms with Gasteiger partial charge in [-0.15, -0.1) is 0 Å². The Bertz CT molecular complexity index is 589. The molecule has 1 aliphatic rings. The van der Waals surface area contributed by atoms with E-state index in [0.717, 1.165) is 31.7 Å². The number of hydrogen-bond donors (Lipinski definition) is 1. The summed E-state index contributed by atoms with van der Waals surface area (Å²) in [5.74, 6) is 1.09. The zero-order valence-corrected chi connectivity index (χ0v) is 13.9. The van der Waals surface area contributed by atoms with Crippen LogP contribution in [-0.4, -0.2) is 41.7 Å². The van der Waals surface area contributed by atoms with E-state index in [2.05, 4.69) is 26.3 Å². The number of carbonyl (C=O) groups excluding carboxylic acids is 1. The summed E-state index contributed by atoms with van der Waals surface area (Å²) in [4.78, 5) is 22.6.